The number of nitrogens with zero attached hydrogens (tertiary/aromatic N) is 5. The Morgan fingerprint density at radius 3 is 2.00 bits per heavy atom. The minimum Gasteiger partial charge on any atom is -0.313 e. The first kappa shape index (κ1) is 28.0. The Morgan fingerprint density at radius 1 is 0.837 bits per heavy atom. The zero-order valence-corrected chi connectivity index (χ0v) is 23.7. The second-order valence-corrected chi connectivity index (χ2v) is 11.0. The fraction of sp³-hybridized carbons (Fsp3) is 0.229. The lowest BCUT2D eigenvalue weighted by atomic mass is 9.71. The molecule has 0 saturated carbocycles. The third kappa shape index (κ3) is 5.31. The third-order valence-corrected chi connectivity index (χ3v) is 8.67. The van der Waals surface area contributed by atoms with Crippen LogP contribution >= 0.6 is 0 Å². The van der Waals surface area contributed by atoms with E-state index in [0.717, 1.165) is 16.7 Å². The first-order valence-electron chi connectivity index (χ1n) is 14.4. The van der Waals surface area contributed by atoms with Gasteiger partial charge in [0.2, 0.25) is 0 Å². The molecule has 0 aliphatic carbocycles. The molecule has 8 heteroatoms. The van der Waals surface area contributed by atoms with Crippen molar-refractivity contribution in [1.29, 1.82) is 5.26 Å². The van der Waals surface area contributed by atoms with E-state index in [4.69, 9.17) is 4.84 Å². The molecule has 2 heterocycles. The van der Waals surface area contributed by atoms with Crippen molar-refractivity contribution in [2.45, 2.75) is 30.1 Å². The molecule has 8 nitrogen and oxygen atoms in total. The van der Waals surface area contributed by atoms with E-state index in [2.05, 4.69) is 21.3 Å². The smallest absolute Gasteiger partial charge is 0.313 e. The van der Waals surface area contributed by atoms with E-state index in [1.54, 1.807) is 24.3 Å². The maximum absolute atomic E-state index is 13.9. The Hall–Kier alpha value is -5.13. The molecule has 0 N–H and O–H groups in total. The van der Waals surface area contributed by atoms with Gasteiger partial charge >= 0.3 is 11.5 Å². The summed E-state index contributed by atoms with van der Waals surface area (Å²) in [7, 11) is 0. The van der Waals surface area contributed by atoms with E-state index in [0.29, 0.717) is 54.6 Å². The van der Waals surface area contributed by atoms with Gasteiger partial charge in [0.05, 0.1) is 16.9 Å². The molecule has 1 aliphatic heterocycles. The first-order chi connectivity index (χ1) is 21.1. The molecule has 5 aromatic rings. The normalized spacial score (nSPS) is 15.0. The van der Waals surface area contributed by atoms with Crippen molar-refractivity contribution in [1.82, 2.24) is 20.1 Å². The van der Waals surface area contributed by atoms with Crippen LogP contribution in [-0.4, -0.2) is 45.7 Å². The van der Waals surface area contributed by atoms with E-state index in [1.807, 2.05) is 91.0 Å². The molecule has 0 radical (unpaired) electrons. The van der Waals surface area contributed by atoms with Crippen molar-refractivity contribution in [3.8, 4) is 6.07 Å². The van der Waals surface area contributed by atoms with E-state index in [-0.39, 0.29) is 0 Å². The Balaban J connectivity index is 1.24. The lowest BCUT2D eigenvalue weighted by Gasteiger charge is -2.41. The third-order valence-electron chi connectivity index (χ3n) is 8.67. The molecule has 43 heavy (non-hydrogen) atoms. The Kier molecular flexibility index (Phi) is 7.82. The predicted octanol–water partition coefficient (Wildman–Crippen LogP) is 4.68. The van der Waals surface area contributed by atoms with Crippen LogP contribution in [0.15, 0.2) is 120 Å². The molecule has 1 fully saturated rings. The standard InChI is InChI=1S/C35H31N5O3/c36-26-35(28-14-6-2-7-15-28,29-16-8-3-9-17-29)22-25-39-23-20-34(21-24-39,27-12-4-1-5-13-27)33(42)43-40-32(41)30-18-10-11-19-31(30)37-38-40/h1-19H,20-25H2. The molecular formula is C35H31N5O3. The minimum atomic E-state index is -0.963. The number of benzene rings is 4. The molecule has 0 atom stereocenters. The van der Waals surface area contributed by atoms with Gasteiger partial charge in [-0.25, -0.2) is 4.79 Å². The number of likely N-dealkylation sites (tertiary alicyclic amines) is 1. The second kappa shape index (κ2) is 12.0. The van der Waals surface area contributed by atoms with Crippen molar-refractivity contribution < 1.29 is 9.63 Å². The summed E-state index contributed by atoms with van der Waals surface area (Å²) in [5.74, 6) is -0.537. The number of hydrogen-bond donors (Lipinski definition) is 0. The number of carbonyl (C=O) groups excluding carboxylic acids is 1. The molecule has 1 saturated heterocycles. The summed E-state index contributed by atoms with van der Waals surface area (Å²) in [6.45, 7) is 1.91. The van der Waals surface area contributed by atoms with Gasteiger partial charge in [-0.2, -0.15) is 5.26 Å². The highest BCUT2D eigenvalue weighted by Crippen LogP contribution is 2.39. The zero-order chi connectivity index (χ0) is 29.7. The second-order valence-electron chi connectivity index (χ2n) is 11.0. The molecule has 0 spiro atoms. The van der Waals surface area contributed by atoms with Crippen LogP contribution in [-0.2, 0) is 15.6 Å². The SMILES string of the molecule is N#CC(CCN1CCC(C(=O)On2nnc3ccccc3c2=O)(c2ccccc2)CC1)(c1ccccc1)c1ccccc1. The highest BCUT2D eigenvalue weighted by molar-refractivity contribution is 5.84. The summed E-state index contributed by atoms with van der Waals surface area (Å²) < 4.78 is 0. The van der Waals surface area contributed by atoms with Crippen molar-refractivity contribution in [2.24, 2.45) is 0 Å². The van der Waals surface area contributed by atoms with Crippen molar-refractivity contribution in [3.63, 3.8) is 0 Å². The number of fused-ring (bicyclic) bond motifs is 1. The van der Waals surface area contributed by atoms with Gasteiger partial charge in [-0.1, -0.05) is 103 Å². The highest BCUT2D eigenvalue weighted by Gasteiger charge is 2.46. The van der Waals surface area contributed by atoms with Crippen LogP contribution in [0, 0.1) is 11.3 Å². The van der Waals surface area contributed by atoms with Crippen LogP contribution in [0.2, 0.25) is 0 Å². The maximum atomic E-state index is 13.9. The number of carbonyl (C=O) groups is 1. The molecule has 1 aliphatic rings. The van der Waals surface area contributed by atoms with Crippen LogP contribution in [0.5, 0.6) is 0 Å². The summed E-state index contributed by atoms with van der Waals surface area (Å²) >= 11 is 0. The Labute approximate surface area is 249 Å². The predicted molar refractivity (Wildman–Crippen MR) is 163 cm³/mol. The lowest BCUT2D eigenvalue weighted by Crippen LogP contribution is -2.52. The van der Waals surface area contributed by atoms with E-state index >= 15 is 0 Å². The molecule has 0 amide bonds. The number of aromatic nitrogens is 3. The van der Waals surface area contributed by atoms with Gasteiger partial charge < -0.3 is 9.74 Å². The first-order valence-corrected chi connectivity index (χ1v) is 14.4. The number of rotatable bonds is 8. The number of hydrogen-bond acceptors (Lipinski definition) is 7. The van der Waals surface area contributed by atoms with Gasteiger partial charge in [0.25, 0.3) is 0 Å². The quantitative estimate of drug-likeness (QED) is 0.250. The average Bonchev–Trinajstić information content (AvgIpc) is 3.08. The molecule has 1 aromatic heterocycles. The van der Waals surface area contributed by atoms with Crippen LogP contribution in [0.4, 0.5) is 0 Å². The van der Waals surface area contributed by atoms with Crippen LogP contribution < -0.4 is 10.4 Å². The minimum absolute atomic E-state index is 0.326. The van der Waals surface area contributed by atoms with Crippen molar-refractivity contribution in [2.75, 3.05) is 19.6 Å². The summed E-state index contributed by atoms with van der Waals surface area (Å²) in [5.41, 5.74) is 0.900. The number of piperidine rings is 1. The maximum Gasteiger partial charge on any atom is 0.345 e. The monoisotopic (exact) mass is 569 g/mol. The zero-order valence-electron chi connectivity index (χ0n) is 23.7. The average molecular weight is 570 g/mol. The van der Waals surface area contributed by atoms with E-state index in [9.17, 15) is 14.9 Å². The summed E-state index contributed by atoms with van der Waals surface area (Å²) in [6, 6.07) is 38.9. The van der Waals surface area contributed by atoms with E-state index < -0.39 is 22.4 Å². The van der Waals surface area contributed by atoms with Crippen molar-refractivity contribution in [3.05, 3.63) is 142 Å². The largest absolute Gasteiger partial charge is 0.345 e. The van der Waals surface area contributed by atoms with Gasteiger partial charge in [-0.05, 0) is 71.2 Å². The highest BCUT2D eigenvalue weighted by atomic mass is 16.7. The fourth-order valence-corrected chi connectivity index (χ4v) is 6.14. The Bertz CT molecular complexity index is 1770. The summed E-state index contributed by atoms with van der Waals surface area (Å²) in [6.07, 6.45) is 1.58. The van der Waals surface area contributed by atoms with Gasteiger partial charge in [-0.3, -0.25) is 4.79 Å². The molecular weight excluding hydrogens is 538 g/mol. The summed E-state index contributed by atoms with van der Waals surface area (Å²) in [4.78, 5) is 35.6. The van der Waals surface area contributed by atoms with Gasteiger partial charge in [0.15, 0.2) is 0 Å². The van der Waals surface area contributed by atoms with Crippen LogP contribution in [0.1, 0.15) is 36.0 Å². The molecule has 4 aromatic carbocycles. The van der Waals surface area contributed by atoms with Gasteiger partial charge in [0, 0.05) is 6.54 Å². The van der Waals surface area contributed by atoms with Gasteiger partial charge in [-0.15, -0.1) is 5.10 Å². The molecule has 214 valence electrons. The van der Waals surface area contributed by atoms with Crippen LogP contribution in [0.25, 0.3) is 10.9 Å². The van der Waals surface area contributed by atoms with E-state index in [1.165, 1.54) is 0 Å². The lowest BCUT2D eigenvalue weighted by molar-refractivity contribution is -0.156. The topological polar surface area (TPSA) is 101 Å². The molecule has 0 bridgehead atoms. The van der Waals surface area contributed by atoms with Gasteiger partial charge in [0.1, 0.15) is 10.9 Å². The molecule has 6 rings (SSSR count). The van der Waals surface area contributed by atoms with Crippen LogP contribution in [0.3, 0.4) is 0 Å². The fourth-order valence-electron chi connectivity index (χ4n) is 6.14. The number of nitriles is 1. The van der Waals surface area contributed by atoms with Crippen molar-refractivity contribution >= 4 is 16.9 Å². The molecule has 0 unspecified atom stereocenters. The Morgan fingerprint density at radius 2 is 1.40 bits per heavy atom. The summed E-state index contributed by atoms with van der Waals surface area (Å²) in [5, 5.41) is 18.8.